The summed E-state index contributed by atoms with van der Waals surface area (Å²) in [4.78, 5) is 17.4. The number of terminal acetylenes is 1. The van der Waals surface area contributed by atoms with Crippen LogP contribution in [-0.2, 0) is 11.2 Å². The third kappa shape index (κ3) is 2.90. The standard InChI is InChI=1S/C25H35N3O2/c1-4-25(30)12-11-23(2)16(14-25)5-6-17-18-7-8-20(24(18,3)10-9-19(17)23)21(29)13-22-26-15-27-28-22/h1,15-20,30H,5-14H2,2-3H3,(H,26,27,28)/t16?,17-,18-,19-,20+,23-,24-,25?/m0/s1. The fourth-order valence-electron chi connectivity index (χ4n) is 8.51. The predicted molar refractivity (Wildman–Crippen MR) is 114 cm³/mol. The molecule has 0 aromatic carbocycles. The van der Waals surface area contributed by atoms with Gasteiger partial charge >= 0.3 is 0 Å². The predicted octanol–water partition coefficient (Wildman–Crippen LogP) is 3.94. The monoisotopic (exact) mass is 409 g/mol. The van der Waals surface area contributed by atoms with E-state index in [-0.39, 0.29) is 16.7 Å². The molecule has 2 unspecified atom stereocenters. The topological polar surface area (TPSA) is 78.9 Å². The molecule has 8 atom stereocenters. The number of hydrogen-bond donors (Lipinski definition) is 2. The molecule has 5 nitrogen and oxygen atoms in total. The van der Waals surface area contributed by atoms with Crippen molar-refractivity contribution >= 4 is 5.78 Å². The Bertz CT molecular complexity index is 860. The Morgan fingerprint density at radius 1 is 1.17 bits per heavy atom. The van der Waals surface area contributed by atoms with Gasteiger partial charge in [-0.1, -0.05) is 19.8 Å². The van der Waals surface area contributed by atoms with Gasteiger partial charge in [-0.2, -0.15) is 5.10 Å². The molecule has 0 aliphatic heterocycles. The van der Waals surface area contributed by atoms with Crippen molar-refractivity contribution in [1.82, 2.24) is 15.2 Å². The molecule has 0 bridgehead atoms. The summed E-state index contributed by atoms with van der Waals surface area (Å²) < 4.78 is 0. The molecule has 5 rings (SSSR count). The van der Waals surface area contributed by atoms with Crippen LogP contribution in [0.4, 0.5) is 0 Å². The van der Waals surface area contributed by atoms with Gasteiger partial charge in [0.15, 0.2) is 5.82 Å². The minimum absolute atomic E-state index is 0.117. The summed E-state index contributed by atoms with van der Waals surface area (Å²) in [6, 6.07) is 0. The van der Waals surface area contributed by atoms with Crippen LogP contribution in [0.25, 0.3) is 0 Å². The number of nitrogens with zero attached hydrogens (tertiary/aromatic N) is 2. The van der Waals surface area contributed by atoms with Crippen LogP contribution in [-0.4, -0.2) is 31.7 Å². The zero-order valence-corrected chi connectivity index (χ0v) is 18.4. The number of H-pyrrole nitrogens is 1. The molecule has 0 amide bonds. The van der Waals surface area contributed by atoms with Gasteiger partial charge in [-0.25, -0.2) is 4.98 Å². The third-order valence-electron chi connectivity index (χ3n) is 10.2. The highest BCUT2D eigenvalue weighted by atomic mass is 16.3. The van der Waals surface area contributed by atoms with Crippen molar-refractivity contribution in [3.8, 4) is 12.3 Å². The zero-order valence-electron chi connectivity index (χ0n) is 18.4. The van der Waals surface area contributed by atoms with Gasteiger partial charge in [0.1, 0.15) is 17.7 Å². The van der Waals surface area contributed by atoms with E-state index in [1.54, 1.807) is 6.33 Å². The Labute approximate surface area is 179 Å². The second-order valence-corrected chi connectivity index (χ2v) is 11.3. The molecule has 162 valence electrons. The molecular formula is C25H35N3O2. The molecule has 0 radical (unpaired) electrons. The van der Waals surface area contributed by atoms with Gasteiger partial charge < -0.3 is 5.11 Å². The number of aromatic amines is 1. The second-order valence-electron chi connectivity index (χ2n) is 11.3. The minimum atomic E-state index is -0.897. The van der Waals surface area contributed by atoms with Crippen LogP contribution in [0, 0.1) is 52.8 Å². The van der Waals surface area contributed by atoms with Crippen LogP contribution >= 0.6 is 0 Å². The molecule has 4 aliphatic carbocycles. The number of hydrogen-bond acceptors (Lipinski definition) is 4. The molecule has 2 N–H and O–H groups in total. The lowest BCUT2D eigenvalue weighted by molar-refractivity contribution is -0.145. The molecule has 1 aromatic heterocycles. The van der Waals surface area contributed by atoms with Crippen molar-refractivity contribution in [2.75, 3.05) is 0 Å². The smallest absolute Gasteiger partial charge is 0.157 e. The first kappa shape index (κ1) is 20.2. The van der Waals surface area contributed by atoms with Crippen molar-refractivity contribution in [3.63, 3.8) is 0 Å². The molecule has 1 heterocycles. The molecular weight excluding hydrogens is 374 g/mol. The fraction of sp³-hybridized carbons (Fsp3) is 0.800. The number of rotatable bonds is 3. The lowest BCUT2D eigenvalue weighted by atomic mass is 9.44. The summed E-state index contributed by atoms with van der Waals surface area (Å²) in [5.41, 5.74) is -0.494. The first-order valence-corrected chi connectivity index (χ1v) is 11.9. The molecule has 4 fully saturated rings. The van der Waals surface area contributed by atoms with Gasteiger partial charge in [0, 0.05) is 5.92 Å². The maximum absolute atomic E-state index is 13.2. The second kappa shape index (κ2) is 6.92. The Hall–Kier alpha value is -1.67. The molecule has 0 spiro atoms. The summed E-state index contributed by atoms with van der Waals surface area (Å²) in [5.74, 6) is 6.37. The zero-order chi connectivity index (χ0) is 21.1. The number of carbonyl (C=O) groups is 1. The van der Waals surface area contributed by atoms with Crippen molar-refractivity contribution in [2.45, 2.75) is 83.7 Å². The molecule has 30 heavy (non-hydrogen) atoms. The maximum atomic E-state index is 13.2. The van der Waals surface area contributed by atoms with Gasteiger partial charge in [-0.3, -0.25) is 9.89 Å². The van der Waals surface area contributed by atoms with Gasteiger partial charge in [0.05, 0.1) is 6.42 Å². The van der Waals surface area contributed by atoms with Crippen LogP contribution in [0.15, 0.2) is 6.33 Å². The quantitative estimate of drug-likeness (QED) is 0.741. The van der Waals surface area contributed by atoms with Crippen molar-refractivity contribution < 1.29 is 9.90 Å². The number of aliphatic hydroxyl groups is 1. The van der Waals surface area contributed by atoms with E-state index in [0.29, 0.717) is 41.7 Å². The van der Waals surface area contributed by atoms with Crippen molar-refractivity contribution in [1.29, 1.82) is 0 Å². The van der Waals surface area contributed by atoms with Crippen molar-refractivity contribution in [3.05, 3.63) is 12.2 Å². The first-order chi connectivity index (χ1) is 14.3. The lowest BCUT2D eigenvalue weighted by Gasteiger charge is -2.61. The van der Waals surface area contributed by atoms with E-state index in [2.05, 4.69) is 34.9 Å². The van der Waals surface area contributed by atoms with Crippen LogP contribution in [0.3, 0.4) is 0 Å². The average molecular weight is 410 g/mol. The van der Waals surface area contributed by atoms with Crippen LogP contribution in [0.5, 0.6) is 0 Å². The molecule has 4 saturated carbocycles. The molecule has 0 saturated heterocycles. The van der Waals surface area contributed by atoms with Crippen LogP contribution < -0.4 is 0 Å². The molecule has 4 aliphatic rings. The Balaban J connectivity index is 1.35. The first-order valence-electron chi connectivity index (χ1n) is 11.9. The number of carbonyl (C=O) groups excluding carboxylic acids is 1. The normalized spacial score (nSPS) is 47.6. The van der Waals surface area contributed by atoms with Gasteiger partial charge in [-0.15, -0.1) is 6.42 Å². The molecule has 5 heteroatoms. The number of aromatic nitrogens is 3. The summed E-state index contributed by atoms with van der Waals surface area (Å²) in [5, 5.41) is 17.6. The maximum Gasteiger partial charge on any atom is 0.157 e. The van der Waals surface area contributed by atoms with E-state index in [4.69, 9.17) is 6.42 Å². The van der Waals surface area contributed by atoms with E-state index in [9.17, 15) is 9.90 Å². The van der Waals surface area contributed by atoms with Crippen molar-refractivity contribution in [2.24, 2.45) is 40.4 Å². The largest absolute Gasteiger partial charge is 0.378 e. The highest BCUT2D eigenvalue weighted by Crippen LogP contribution is 2.68. The fourth-order valence-corrected chi connectivity index (χ4v) is 8.51. The SMILES string of the molecule is C#CC1(O)CC[C@@]2(C)C(CC[C@H]3[C@@H]4CC[C@H](C(=O)Cc5nc[nH]n5)[C@@]4(C)CC[C@@H]32)C1. The lowest BCUT2D eigenvalue weighted by Crippen LogP contribution is -2.56. The van der Waals surface area contributed by atoms with Crippen LogP contribution in [0.1, 0.15) is 77.5 Å². The number of ketones is 1. The Kier molecular flexibility index (Phi) is 4.67. The Morgan fingerprint density at radius 3 is 2.70 bits per heavy atom. The summed E-state index contributed by atoms with van der Waals surface area (Å²) in [6.07, 6.45) is 17.1. The average Bonchev–Trinajstić information content (AvgIpc) is 3.35. The van der Waals surface area contributed by atoms with Crippen LogP contribution in [0.2, 0.25) is 0 Å². The highest BCUT2D eigenvalue weighted by molar-refractivity contribution is 5.83. The van der Waals surface area contributed by atoms with Gasteiger partial charge in [0.2, 0.25) is 0 Å². The summed E-state index contributed by atoms with van der Waals surface area (Å²) in [6.45, 7) is 4.88. The van der Waals surface area contributed by atoms with E-state index < -0.39 is 5.60 Å². The summed E-state index contributed by atoms with van der Waals surface area (Å²) >= 11 is 0. The summed E-state index contributed by atoms with van der Waals surface area (Å²) in [7, 11) is 0. The van der Waals surface area contributed by atoms with E-state index in [0.717, 1.165) is 32.1 Å². The number of fused-ring (bicyclic) bond motifs is 5. The Morgan fingerprint density at radius 2 is 1.97 bits per heavy atom. The molecule has 1 aromatic rings. The van der Waals surface area contributed by atoms with Gasteiger partial charge in [0.25, 0.3) is 0 Å². The van der Waals surface area contributed by atoms with Gasteiger partial charge in [-0.05, 0) is 92.3 Å². The number of Topliss-reactive ketones (excluding diaryl/α,β-unsaturated/α-hetero) is 1. The third-order valence-corrected chi connectivity index (χ3v) is 10.2. The van der Waals surface area contributed by atoms with E-state index in [1.807, 2.05) is 0 Å². The van der Waals surface area contributed by atoms with E-state index >= 15 is 0 Å². The van der Waals surface area contributed by atoms with E-state index in [1.165, 1.54) is 25.7 Å². The number of nitrogens with one attached hydrogen (secondary N) is 1. The highest BCUT2D eigenvalue weighted by Gasteiger charge is 2.61. The minimum Gasteiger partial charge on any atom is -0.378 e.